The highest BCUT2D eigenvalue weighted by molar-refractivity contribution is 9.10. The van der Waals surface area contributed by atoms with Gasteiger partial charge < -0.3 is 14.8 Å². The molecule has 14 heteroatoms. The molecule has 0 aliphatic heterocycles. The number of rotatable bonds is 9. The predicted octanol–water partition coefficient (Wildman–Crippen LogP) is 5.79. The first-order valence-electron chi connectivity index (χ1n) is 10.6. The van der Waals surface area contributed by atoms with Crippen molar-refractivity contribution < 1.29 is 31.9 Å². The maximum Gasteiger partial charge on any atom is 0.264 e. The van der Waals surface area contributed by atoms with Gasteiger partial charge in [0.25, 0.3) is 15.9 Å². The molecule has 198 valence electrons. The van der Waals surface area contributed by atoms with Crippen LogP contribution in [0, 0.1) is 17.1 Å². The molecule has 3 aromatic rings. The lowest BCUT2D eigenvalue weighted by molar-refractivity contribution is -0.119. The molecule has 9 nitrogen and oxygen atoms in total. The molecule has 0 spiro atoms. The summed E-state index contributed by atoms with van der Waals surface area (Å²) in [6.45, 7) is 0.869. The Bertz CT molecular complexity index is 1560. The maximum absolute atomic E-state index is 15.1. The van der Waals surface area contributed by atoms with Crippen LogP contribution in [0.25, 0.3) is 0 Å². The van der Waals surface area contributed by atoms with Crippen molar-refractivity contribution in [2.45, 2.75) is 18.2 Å². The first-order chi connectivity index (χ1) is 17.9. The van der Waals surface area contributed by atoms with Gasteiger partial charge in [-0.1, -0.05) is 30.1 Å². The fourth-order valence-electron chi connectivity index (χ4n) is 2.90. The number of nitrogens with one attached hydrogen (secondary N) is 2. The minimum Gasteiger partial charge on any atom is -0.481 e. The van der Waals surface area contributed by atoms with E-state index in [4.69, 9.17) is 37.9 Å². The van der Waals surface area contributed by atoms with Gasteiger partial charge in [0, 0.05) is 11.4 Å². The lowest BCUT2D eigenvalue weighted by Crippen LogP contribution is -2.29. The summed E-state index contributed by atoms with van der Waals surface area (Å²) in [6, 6.07) is 12.3. The van der Waals surface area contributed by atoms with Crippen LogP contribution in [-0.2, 0) is 19.6 Å². The Kier molecular flexibility index (Phi) is 9.56. The van der Waals surface area contributed by atoms with Crippen LogP contribution in [0.1, 0.15) is 18.9 Å². The number of carbonyl (C=O) groups is 2. The number of amides is 2. The number of nitrogens with zero attached hydrogens (tertiary/aromatic N) is 1. The molecule has 3 rings (SSSR count). The zero-order valence-electron chi connectivity index (χ0n) is 19.3. The third-order valence-electron chi connectivity index (χ3n) is 4.69. The quantitative estimate of drug-likeness (QED) is 0.301. The van der Waals surface area contributed by atoms with Gasteiger partial charge in [0.2, 0.25) is 11.7 Å². The third-order valence-corrected chi connectivity index (χ3v) is 7.21. The smallest absolute Gasteiger partial charge is 0.264 e. The molecule has 2 amide bonds. The molecular weight excluding hydrogens is 628 g/mol. The number of nitriles is 1. The van der Waals surface area contributed by atoms with Gasteiger partial charge in [-0.05, 0) is 64.5 Å². The second-order valence-corrected chi connectivity index (χ2v) is 10.8. The van der Waals surface area contributed by atoms with Crippen LogP contribution in [-0.4, -0.2) is 26.8 Å². The van der Waals surface area contributed by atoms with Gasteiger partial charge in [0.1, 0.15) is 5.75 Å². The van der Waals surface area contributed by atoms with E-state index in [2.05, 4.69) is 21.2 Å². The number of sulfonamides is 1. The number of halogens is 4. The molecule has 0 aromatic heterocycles. The van der Waals surface area contributed by atoms with E-state index < -0.39 is 34.3 Å². The Morgan fingerprint density at radius 1 is 1.11 bits per heavy atom. The minimum absolute atomic E-state index is 0.0313. The Hall–Kier alpha value is -3.37. The van der Waals surface area contributed by atoms with E-state index in [0.29, 0.717) is 0 Å². The first kappa shape index (κ1) is 29.2. The highest BCUT2D eigenvalue weighted by atomic mass is 79.9. The Morgan fingerprint density at radius 2 is 1.84 bits per heavy atom. The molecule has 0 aliphatic carbocycles. The second-order valence-electron chi connectivity index (χ2n) is 7.44. The zero-order valence-corrected chi connectivity index (χ0v) is 23.3. The summed E-state index contributed by atoms with van der Waals surface area (Å²) >= 11 is 15.2. The molecule has 0 unspecified atom stereocenters. The number of benzene rings is 3. The molecule has 0 saturated carbocycles. The zero-order chi connectivity index (χ0) is 28.0. The van der Waals surface area contributed by atoms with E-state index in [-0.39, 0.29) is 54.3 Å². The molecule has 3 aromatic carbocycles. The van der Waals surface area contributed by atoms with E-state index in [0.717, 1.165) is 12.1 Å². The topological polar surface area (TPSA) is 135 Å². The van der Waals surface area contributed by atoms with Crippen molar-refractivity contribution in [1.29, 1.82) is 5.26 Å². The summed E-state index contributed by atoms with van der Waals surface area (Å²) < 4.78 is 52.5. The molecule has 0 fully saturated rings. The highest BCUT2D eigenvalue weighted by Crippen LogP contribution is 2.38. The summed E-state index contributed by atoms with van der Waals surface area (Å²) in [5.41, 5.74) is 0.277. The van der Waals surface area contributed by atoms with Crippen molar-refractivity contribution in [3.05, 3.63) is 74.4 Å². The highest BCUT2D eigenvalue weighted by Gasteiger charge is 2.20. The fraction of sp³-hybridized carbons (Fsp3) is 0.125. The Morgan fingerprint density at radius 3 is 2.50 bits per heavy atom. The molecule has 0 atom stereocenters. The summed E-state index contributed by atoms with van der Waals surface area (Å²) in [5, 5.41) is 11.6. The third kappa shape index (κ3) is 7.35. The van der Waals surface area contributed by atoms with Crippen LogP contribution in [0.5, 0.6) is 17.2 Å². The van der Waals surface area contributed by atoms with Gasteiger partial charge in [0.05, 0.1) is 31.7 Å². The van der Waals surface area contributed by atoms with Crippen LogP contribution < -0.4 is 19.5 Å². The van der Waals surface area contributed by atoms with Crippen molar-refractivity contribution in [2.75, 3.05) is 11.9 Å². The molecule has 0 bridgehead atoms. The van der Waals surface area contributed by atoms with Crippen LogP contribution in [0.4, 0.5) is 10.1 Å². The van der Waals surface area contributed by atoms with Crippen LogP contribution in [0.2, 0.25) is 10.0 Å². The van der Waals surface area contributed by atoms with E-state index in [1.54, 1.807) is 0 Å². The number of carbonyl (C=O) groups excluding carboxylic acids is 2. The normalized spacial score (nSPS) is 10.8. The van der Waals surface area contributed by atoms with Crippen LogP contribution in [0.3, 0.4) is 0 Å². The molecule has 2 N–H and O–H groups in total. The number of hydrogen-bond donors (Lipinski definition) is 2. The average molecular weight is 645 g/mol. The fourth-order valence-corrected chi connectivity index (χ4v) is 4.89. The standard InChI is InChI=1S/C24H17BrCl2FN3O6S/c1-2-21(32)31-38(34,35)16-3-5-19(18(27)10-16)30-22(33)12-36-20-6-4-17(25)24(23(20)28)37-15-8-13(11-29)7-14(26)9-15/h3-10H,2,12H2,1H3,(H,30,33)(H,31,32). The van der Waals surface area contributed by atoms with Gasteiger partial charge in [-0.25, -0.2) is 13.1 Å². The molecule has 0 aliphatic rings. The number of ether oxygens (including phenoxy) is 2. The molecule has 0 radical (unpaired) electrons. The van der Waals surface area contributed by atoms with Crippen molar-refractivity contribution in [3.63, 3.8) is 0 Å². The molecule has 0 heterocycles. The van der Waals surface area contributed by atoms with Gasteiger partial charge in [-0.2, -0.15) is 9.65 Å². The van der Waals surface area contributed by atoms with Crippen molar-refractivity contribution in [1.82, 2.24) is 4.72 Å². The van der Waals surface area contributed by atoms with Gasteiger partial charge in [-0.15, -0.1) is 0 Å². The predicted molar refractivity (Wildman–Crippen MR) is 142 cm³/mol. The molecule has 38 heavy (non-hydrogen) atoms. The summed E-state index contributed by atoms with van der Waals surface area (Å²) in [7, 11) is -4.13. The van der Waals surface area contributed by atoms with E-state index in [9.17, 15) is 18.0 Å². The lowest BCUT2D eigenvalue weighted by Gasteiger charge is -2.14. The Balaban J connectivity index is 1.70. The largest absolute Gasteiger partial charge is 0.481 e. The summed E-state index contributed by atoms with van der Waals surface area (Å²) in [5.74, 6) is -2.79. The second kappa shape index (κ2) is 12.4. The summed E-state index contributed by atoms with van der Waals surface area (Å²) in [4.78, 5) is 23.5. The van der Waals surface area contributed by atoms with Gasteiger partial charge in [0.15, 0.2) is 18.1 Å². The van der Waals surface area contributed by atoms with E-state index in [1.807, 2.05) is 10.8 Å². The van der Waals surface area contributed by atoms with Crippen LogP contribution >= 0.6 is 39.1 Å². The SMILES string of the molecule is CCC(=O)NS(=O)(=O)c1ccc(NC(=O)COc2ccc(Br)c(Oc3cc(Cl)cc(C#N)c3)c2F)c(Cl)c1. The van der Waals surface area contributed by atoms with E-state index in [1.165, 1.54) is 43.3 Å². The minimum atomic E-state index is -4.13. The lowest BCUT2D eigenvalue weighted by atomic mass is 10.2. The number of anilines is 1. The molecular formula is C24H17BrCl2FN3O6S. The molecule has 0 saturated heterocycles. The van der Waals surface area contributed by atoms with Gasteiger partial charge >= 0.3 is 0 Å². The summed E-state index contributed by atoms with van der Waals surface area (Å²) in [6.07, 6.45) is -0.0313. The van der Waals surface area contributed by atoms with Crippen molar-refractivity contribution in [3.8, 4) is 23.3 Å². The first-order valence-corrected chi connectivity index (χ1v) is 13.6. The van der Waals surface area contributed by atoms with Gasteiger partial charge in [-0.3, -0.25) is 9.59 Å². The average Bonchev–Trinajstić information content (AvgIpc) is 2.86. The maximum atomic E-state index is 15.1. The van der Waals surface area contributed by atoms with E-state index >= 15 is 4.39 Å². The van der Waals surface area contributed by atoms with Crippen LogP contribution in [0.15, 0.2) is 57.9 Å². The van der Waals surface area contributed by atoms with Crippen molar-refractivity contribution >= 4 is 66.7 Å². The number of hydrogen-bond acceptors (Lipinski definition) is 7. The Labute approximate surface area is 235 Å². The van der Waals surface area contributed by atoms with Crippen molar-refractivity contribution in [2.24, 2.45) is 0 Å². The monoisotopic (exact) mass is 643 g/mol.